The third kappa shape index (κ3) is 1.79. The molecule has 0 saturated carbocycles. The van der Waals surface area contributed by atoms with Gasteiger partial charge in [-0.05, 0) is 18.1 Å². The van der Waals surface area contributed by atoms with E-state index in [1.165, 1.54) is 6.20 Å². The number of pyridine rings is 1. The summed E-state index contributed by atoms with van der Waals surface area (Å²) in [6, 6.07) is 1.92. The van der Waals surface area contributed by atoms with Crippen molar-refractivity contribution in [3.8, 4) is 6.07 Å². The highest BCUT2D eigenvalue weighted by Crippen LogP contribution is 2.26. The van der Waals surface area contributed by atoms with E-state index in [9.17, 15) is 8.78 Å². The lowest BCUT2D eigenvalue weighted by molar-refractivity contribution is 0.147. The van der Waals surface area contributed by atoms with Crippen LogP contribution < -0.4 is 5.73 Å². The smallest absolute Gasteiger partial charge is 0.282 e. The van der Waals surface area contributed by atoms with Crippen molar-refractivity contribution in [2.24, 2.45) is 0 Å². The van der Waals surface area contributed by atoms with Crippen molar-refractivity contribution in [3.05, 3.63) is 23.0 Å². The van der Waals surface area contributed by atoms with Crippen LogP contribution in [-0.4, -0.2) is 4.98 Å². The molecule has 0 atom stereocenters. The van der Waals surface area contributed by atoms with Crippen LogP contribution in [0.4, 0.5) is 14.5 Å². The number of aromatic nitrogens is 1. The summed E-state index contributed by atoms with van der Waals surface area (Å²) < 4.78 is 24.6. The number of hydrogen-bond donors (Lipinski definition) is 1. The highest BCUT2D eigenvalue weighted by Gasteiger charge is 2.16. The van der Waals surface area contributed by atoms with Crippen molar-refractivity contribution in [2.45, 2.75) is 19.8 Å². The van der Waals surface area contributed by atoms with Crippen LogP contribution in [0, 0.1) is 18.3 Å². The summed E-state index contributed by atoms with van der Waals surface area (Å²) in [4.78, 5) is 3.53. The lowest BCUT2D eigenvalue weighted by Crippen LogP contribution is -2.04. The Kier molecular flexibility index (Phi) is 2.97. The van der Waals surface area contributed by atoms with Gasteiger partial charge in [0, 0.05) is 6.20 Å². The molecule has 0 aliphatic rings. The molecule has 1 aromatic heterocycles. The number of nitrogen functional groups attached to an aromatic ring is 1. The summed E-state index contributed by atoms with van der Waals surface area (Å²) in [6.45, 7) is 1.61. The minimum Gasteiger partial charge on any atom is -0.397 e. The van der Waals surface area contributed by atoms with Crippen LogP contribution in [0.15, 0.2) is 6.20 Å². The molecule has 1 rings (SSSR count). The zero-order valence-electron chi connectivity index (χ0n) is 7.59. The van der Waals surface area contributed by atoms with E-state index in [0.717, 1.165) is 0 Å². The number of nitrogens with zero attached hydrogens (tertiary/aromatic N) is 2. The summed E-state index contributed by atoms with van der Waals surface area (Å²) in [5.74, 6) is 0. The molecule has 3 nitrogen and oxygen atoms in total. The number of nitriles is 1. The lowest BCUT2D eigenvalue weighted by Gasteiger charge is -2.09. The Morgan fingerprint density at radius 3 is 2.79 bits per heavy atom. The van der Waals surface area contributed by atoms with Crippen LogP contribution in [0.3, 0.4) is 0 Å². The van der Waals surface area contributed by atoms with E-state index in [1.807, 2.05) is 6.07 Å². The molecule has 74 valence electrons. The largest absolute Gasteiger partial charge is 0.397 e. The zero-order chi connectivity index (χ0) is 10.7. The van der Waals surface area contributed by atoms with E-state index >= 15 is 0 Å². The number of nitrogens with two attached hydrogens (primary N) is 1. The van der Waals surface area contributed by atoms with E-state index in [4.69, 9.17) is 11.0 Å². The average molecular weight is 197 g/mol. The van der Waals surface area contributed by atoms with E-state index in [1.54, 1.807) is 6.92 Å². The summed E-state index contributed by atoms with van der Waals surface area (Å²) in [5.41, 5.74) is 6.13. The molecule has 1 heterocycles. The third-order valence-corrected chi connectivity index (χ3v) is 2.00. The first-order valence-electron chi connectivity index (χ1n) is 3.96. The maximum absolute atomic E-state index is 12.3. The molecule has 2 N–H and O–H groups in total. The van der Waals surface area contributed by atoms with Gasteiger partial charge in [0.05, 0.1) is 18.2 Å². The lowest BCUT2D eigenvalue weighted by atomic mass is 10.1. The quantitative estimate of drug-likeness (QED) is 0.788. The maximum Gasteiger partial charge on any atom is 0.282 e. The molecule has 0 radical (unpaired) electrons. The Hall–Kier alpha value is -1.70. The first-order valence-corrected chi connectivity index (χ1v) is 3.96. The van der Waals surface area contributed by atoms with Crippen molar-refractivity contribution in [1.82, 2.24) is 4.98 Å². The first kappa shape index (κ1) is 10.4. The van der Waals surface area contributed by atoms with Crippen molar-refractivity contribution in [3.63, 3.8) is 0 Å². The number of anilines is 1. The van der Waals surface area contributed by atoms with Crippen LogP contribution >= 0.6 is 0 Å². The molecule has 0 spiro atoms. The fourth-order valence-corrected chi connectivity index (χ4v) is 1.12. The van der Waals surface area contributed by atoms with Crippen molar-refractivity contribution in [1.29, 1.82) is 5.26 Å². The fourth-order valence-electron chi connectivity index (χ4n) is 1.12. The van der Waals surface area contributed by atoms with E-state index in [2.05, 4.69) is 4.98 Å². The van der Waals surface area contributed by atoms with Gasteiger partial charge in [-0.1, -0.05) is 0 Å². The number of alkyl halides is 2. The van der Waals surface area contributed by atoms with Crippen LogP contribution in [0.1, 0.15) is 23.2 Å². The number of hydrogen-bond acceptors (Lipinski definition) is 3. The molecule has 0 aliphatic heterocycles. The van der Waals surface area contributed by atoms with Crippen LogP contribution in [0.25, 0.3) is 0 Å². The summed E-state index contributed by atoms with van der Waals surface area (Å²) in [5, 5.41) is 8.45. The summed E-state index contributed by atoms with van der Waals surface area (Å²) in [7, 11) is 0. The highest BCUT2D eigenvalue weighted by molar-refractivity contribution is 5.54. The fraction of sp³-hybridized carbons (Fsp3) is 0.333. The minimum absolute atomic E-state index is 0.0206. The number of halogens is 2. The molecule has 5 heteroatoms. The predicted octanol–water partition coefficient (Wildman–Crippen LogP) is 1.98. The second kappa shape index (κ2) is 4.01. The van der Waals surface area contributed by atoms with Crippen LogP contribution in [-0.2, 0) is 6.42 Å². The van der Waals surface area contributed by atoms with Crippen LogP contribution in [0.2, 0.25) is 0 Å². The molecular formula is C9H9F2N3. The van der Waals surface area contributed by atoms with Crippen molar-refractivity contribution >= 4 is 5.69 Å². The Balaban J connectivity index is 3.20. The van der Waals surface area contributed by atoms with Gasteiger partial charge in [-0.15, -0.1) is 0 Å². The van der Waals surface area contributed by atoms with Gasteiger partial charge in [-0.25, -0.2) is 8.78 Å². The van der Waals surface area contributed by atoms with Gasteiger partial charge < -0.3 is 5.73 Å². The maximum atomic E-state index is 12.3. The predicted molar refractivity (Wildman–Crippen MR) is 47.7 cm³/mol. The standard InChI is InChI=1S/C9H9F2N3/c1-5-6(2-3-12)4-14-8(7(5)13)9(10)11/h4,9H,2,13H2,1H3. The Bertz CT molecular complexity index is 382. The molecule has 0 bridgehead atoms. The Morgan fingerprint density at radius 2 is 2.29 bits per heavy atom. The summed E-state index contributed by atoms with van der Waals surface area (Å²) in [6.07, 6.45) is -1.27. The molecule has 0 amide bonds. The topological polar surface area (TPSA) is 62.7 Å². The minimum atomic E-state index is -2.68. The zero-order valence-corrected chi connectivity index (χ0v) is 7.59. The SMILES string of the molecule is Cc1c(CC#N)cnc(C(F)F)c1N. The molecule has 0 fully saturated rings. The normalized spacial score (nSPS) is 10.2. The Morgan fingerprint density at radius 1 is 1.64 bits per heavy atom. The summed E-state index contributed by atoms with van der Waals surface area (Å²) >= 11 is 0. The monoisotopic (exact) mass is 197 g/mol. The third-order valence-electron chi connectivity index (χ3n) is 2.00. The van der Waals surface area contributed by atoms with Crippen LogP contribution in [0.5, 0.6) is 0 Å². The molecule has 0 unspecified atom stereocenters. The van der Waals surface area contributed by atoms with Gasteiger partial charge >= 0.3 is 0 Å². The van der Waals surface area contributed by atoms with Gasteiger partial charge in [0.15, 0.2) is 0 Å². The highest BCUT2D eigenvalue weighted by atomic mass is 19.3. The Labute approximate surface area is 80.2 Å². The second-order valence-electron chi connectivity index (χ2n) is 2.84. The first-order chi connectivity index (χ1) is 6.57. The molecule has 1 aromatic rings. The van der Waals surface area contributed by atoms with Crippen molar-refractivity contribution in [2.75, 3.05) is 5.73 Å². The second-order valence-corrected chi connectivity index (χ2v) is 2.84. The van der Waals surface area contributed by atoms with E-state index in [-0.39, 0.29) is 12.1 Å². The molecule has 0 saturated heterocycles. The number of rotatable bonds is 2. The van der Waals surface area contributed by atoms with E-state index < -0.39 is 12.1 Å². The van der Waals surface area contributed by atoms with Gasteiger partial charge in [-0.3, -0.25) is 4.98 Å². The van der Waals surface area contributed by atoms with Crippen molar-refractivity contribution < 1.29 is 8.78 Å². The average Bonchev–Trinajstić information content (AvgIpc) is 2.13. The molecule has 0 aliphatic carbocycles. The molecular weight excluding hydrogens is 188 g/mol. The van der Waals surface area contributed by atoms with Gasteiger partial charge in [0.2, 0.25) is 0 Å². The van der Waals surface area contributed by atoms with E-state index in [0.29, 0.717) is 11.1 Å². The van der Waals surface area contributed by atoms with Gasteiger partial charge in [-0.2, -0.15) is 5.26 Å². The van der Waals surface area contributed by atoms with Gasteiger partial charge in [0.25, 0.3) is 6.43 Å². The molecule has 14 heavy (non-hydrogen) atoms. The van der Waals surface area contributed by atoms with Gasteiger partial charge in [0.1, 0.15) is 5.69 Å². The molecule has 0 aromatic carbocycles.